The lowest BCUT2D eigenvalue weighted by molar-refractivity contribution is -0.145. The molecule has 2 aliphatic rings. The SMILES string of the molecule is O=C(O)[C@H](c1ccccc1)N1C(=O)/C(=C\c2ccc3c(c2)OCO3)SC1=S. The van der Waals surface area contributed by atoms with Crippen molar-refractivity contribution < 1.29 is 24.2 Å². The molecule has 0 radical (unpaired) electrons. The lowest BCUT2D eigenvalue weighted by atomic mass is 10.1. The van der Waals surface area contributed by atoms with E-state index in [1.807, 2.05) is 0 Å². The third-order valence-corrected chi connectivity index (χ3v) is 5.46. The average Bonchev–Trinajstić information content (AvgIpc) is 3.22. The fourth-order valence-electron chi connectivity index (χ4n) is 2.89. The molecule has 136 valence electrons. The van der Waals surface area contributed by atoms with Gasteiger partial charge in [-0.3, -0.25) is 9.69 Å². The van der Waals surface area contributed by atoms with Gasteiger partial charge in [0.1, 0.15) is 4.32 Å². The molecule has 1 amide bonds. The van der Waals surface area contributed by atoms with Crippen LogP contribution in [0.2, 0.25) is 0 Å². The van der Waals surface area contributed by atoms with Crippen molar-refractivity contribution in [1.29, 1.82) is 0 Å². The van der Waals surface area contributed by atoms with Gasteiger partial charge in [0.25, 0.3) is 5.91 Å². The summed E-state index contributed by atoms with van der Waals surface area (Å²) < 4.78 is 10.8. The number of hydrogen-bond acceptors (Lipinski definition) is 6. The number of aliphatic carboxylic acids is 1. The van der Waals surface area contributed by atoms with Gasteiger partial charge < -0.3 is 14.6 Å². The van der Waals surface area contributed by atoms with E-state index in [1.165, 1.54) is 0 Å². The summed E-state index contributed by atoms with van der Waals surface area (Å²) >= 11 is 6.39. The Balaban J connectivity index is 1.66. The van der Waals surface area contributed by atoms with E-state index >= 15 is 0 Å². The molecule has 4 rings (SSSR count). The first kappa shape index (κ1) is 17.6. The van der Waals surface area contributed by atoms with Crippen LogP contribution in [-0.2, 0) is 9.59 Å². The highest BCUT2D eigenvalue weighted by Gasteiger charge is 2.41. The Morgan fingerprint density at radius 1 is 1.19 bits per heavy atom. The van der Waals surface area contributed by atoms with Crippen molar-refractivity contribution in [1.82, 2.24) is 4.90 Å². The second-order valence-electron chi connectivity index (χ2n) is 5.82. The van der Waals surface area contributed by atoms with E-state index in [-0.39, 0.29) is 11.1 Å². The lowest BCUT2D eigenvalue weighted by Gasteiger charge is -2.23. The summed E-state index contributed by atoms with van der Waals surface area (Å²) in [5.74, 6) is -0.317. The maximum atomic E-state index is 12.9. The fourth-order valence-corrected chi connectivity index (χ4v) is 4.21. The molecule has 1 atom stereocenters. The van der Waals surface area contributed by atoms with Crippen LogP contribution in [0.1, 0.15) is 17.2 Å². The second kappa shape index (κ2) is 7.05. The first-order valence-electron chi connectivity index (χ1n) is 7.99. The van der Waals surface area contributed by atoms with E-state index < -0.39 is 17.9 Å². The quantitative estimate of drug-likeness (QED) is 0.623. The molecular weight excluding hydrogens is 386 g/mol. The zero-order valence-corrected chi connectivity index (χ0v) is 15.5. The molecule has 2 aliphatic heterocycles. The first-order valence-corrected chi connectivity index (χ1v) is 9.21. The maximum Gasteiger partial charge on any atom is 0.331 e. The van der Waals surface area contributed by atoms with Gasteiger partial charge in [-0.15, -0.1) is 0 Å². The van der Waals surface area contributed by atoms with E-state index in [0.717, 1.165) is 22.2 Å². The van der Waals surface area contributed by atoms with Crippen molar-refractivity contribution in [3.05, 3.63) is 64.6 Å². The molecule has 0 aliphatic carbocycles. The van der Waals surface area contributed by atoms with E-state index in [0.29, 0.717) is 22.0 Å². The molecule has 0 saturated carbocycles. The number of carboxylic acid groups (broad SMARTS) is 1. The molecular formula is C19H13NO5S2. The summed E-state index contributed by atoms with van der Waals surface area (Å²) in [6.45, 7) is 0.165. The van der Waals surface area contributed by atoms with Crippen molar-refractivity contribution in [2.75, 3.05) is 6.79 Å². The number of carboxylic acids is 1. The molecule has 2 aromatic carbocycles. The highest BCUT2D eigenvalue weighted by molar-refractivity contribution is 8.26. The number of carbonyl (C=O) groups is 2. The minimum atomic E-state index is -1.17. The third-order valence-electron chi connectivity index (χ3n) is 4.13. The third kappa shape index (κ3) is 3.29. The fraction of sp³-hybridized carbons (Fsp3) is 0.105. The molecule has 2 heterocycles. The summed E-state index contributed by atoms with van der Waals surface area (Å²) in [6.07, 6.45) is 1.67. The molecule has 1 N–H and O–H groups in total. The number of carbonyl (C=O) groups excluding carboxylic acids is 1. The van der Waals surface area contributed by atoms with Gasteiger partial charge in [0, 0.05) is 0 Å². The molecule has 0 unspecified atom stereocenters. The second-order valence-corrected chi connectivity index (χ2v) is 7.49. The Morgan fingerprint density at radius 2 is 1.93 bits per heavy atom. The molecule has 1 saturated heterocycles. The van der Waals surface area contributed by atoms with Gasteiger partial charge >= 0.3 is 5.97 Å². The van der Waals surface area contributed by atoms with Gasteiger partial charge in [0.15, 0.2) is 17.5 Å². The van der Waals surface area contributed by atoms with Gasteiger partial charge in [-0.2, -0.15) is 0 Å². The predicted molar refractivity (Wildman–Crippen MR) is 104 cm³/mol. The molecule has 0 aromatic heterocycles. The van der Waals surface area contributed by atoms with E-state index in [1.54, 1.807) is 54.6 Å². The molecule has 1 fully saturated rings. The Kier molecular flexibility index (Phi) is 4.59. The number of fused-ring (bicyclic) bond motifs is 1. The number of thiocarbonyl (C=S) groups is 1. The number of amides is 1. The monoisotopic (exact) mass is 399 g/mol. The first-order chi connectivity index (χ1) is 13.0. The summed E-state index contributed by atoms with van der Waals surface area (Å²) in [5, 5.41) is 9.69. The highest BCUT2D eigenvalue weighted by atomic mass is 32.2. The molecule has 8 heteroatoms. The zero-order chi connectivity index (χ0) is 19.0. The number of hydrogen-bond donors (Lipinski definition) is 1. The Bertz CT molecular complexity index is 973. The van der Waals surface area contributed by atoms with Gasteiger partial charge in [0.2, 0.25) is 6.79 Å². The van der Waals surface area contributed by atoms with Crippen LogP contribution in [0.4, 0.5) is 0 Å². The predicted octanol–water partition coefficient (Wildman–Crippen LogP) is 3.44. The van der Waals surface area contributed by atoms with Crippen molar-refractivity contribution in [2.24, 2.45) is 0 Å². The lowest BCUT2D eigenvalue weighted by Crippen LogP contribution is -2.37. The van der Waals surface area contributed by atoms with Crippen LogP contribution < -0.4 is 9.47 Å². The molecule has 0 spiro atoms. The van der Waals surface area contributed by atoms with E-state index in [9.17, 15) is 14.7 Å². The summed E-state index contributed by atoms with van der Waals surface area (Å²) in [5.41, 5.74) is 1.23. The van der Waals surface area contributed by atoms with Crippen molar-refractivity contribution in [3.8, 4) is 11.5 Å². The van der Waals surface area contributed by atoms with Gasteiger partial charge in [0.05, 0.1) is 4.91 Å². The molecule has 2 aromatic rings. The number of benzene rings is 2. The summed E-state index contributed by atoms with van der Waals surface area (Å²) in [4.78, 5) is 26.3. The maximum absolute atomic E-state index is 12.9. The topological polar surface area (TPSA) is 76.1 Å². The van der Waals surface area contributed by atoms with Crippen LogP contribution in [0.25, 0.3) is 6.08 Å². The minimum absolute atomic E-state index is 0.165. The largest absolute Gasteiger partial charge is 0.479 e. The summed E-state index contributed by atoms with van der Waals surface area (Å²) in [7, 11) is 0. The Morgan fingerprint density at radius 3 is 2.67 bits per heavy atom. The van der Waals surface area contributed by atoms with E-state index in [4.69, 9.17) is 21.7 Å². The number of rotatable bonds is 4. The smallest absolute Gasteiger partial charge is 0.331 e. The summed E-state index contributed by atoms with van der Waals surface area (Å²) in [6, 6.07) is 12.7. The Labute approximate surface area is 164 Å². The van der Waals surface area contributed by atoms with Crippen LogP contribution in [0.3, 0.4) is 0 Å². The van der Waals surface area contributed by atoms with Gasteiger partial charge in [-0.25, -0.2) is 4.79 Å². The van der Waals surface area contributed by atoms with Crippen molar-refractivity contribution in [3.63, 3.8) is 0 Å². The van der Waals surface area contributed by atoms with Crippen LogP contribution >= 0.6 is 24.0 Å². The minimum Gasteiger partial charge on any atom is -0.479 e. The molecule has 0 bridgehead atoms. The zero-order valence-electron chi connectivity index (χ0n) is 13.8. The van der Waals surface area contributed by atoms with Gasteiger partial charge in [-0.1, -0.05) is 60.4 Å². The normalized spacial score (nSPS) is 18.2. The number of nitrogens with zero attached hydrogens (tertiary/aromatic N) is 1. The van der Waals surface area contributed by atoms with Crippen molar-refractivity contribution in [2.45, 2.75) is 6.04 Å². The van der Waals surface area contributed by atoms with Crippen molar-refractivity contribution >= 4 is 46.3 Å². The van der Waals surface area contributed by atoms with Crippen LogP contribution in [0.15, 0.2) is 53.4 Å². The molecule has 27 heavy (non-hydrogen) atoms. The Hall–Kier alpha value is -2.84. The van der Waals surface area contributed by atoms with Crippen LogP contribution in [0.5, 0.6) is 11.5 Å². The average molecular weight is 399 g/mol. The number of ether oxygens (including phenoxy) is 2. The van der Waals surface area contributed by atoms with Crippen LogP contribution in [-0.4, -0.2) is 33.0 Å². The van der Waals surface area contributed by atoms with E-state index in [2.05, 4.69) is 0 Å². The van der Waals surface area contributed by atoms with Crippen LogP contribution in [0, 0.1) is 0 Å². The highest BCUT2D eigenvalue weighted by Crippen LogP contribution is 2.39. The number of thioether (sulfide) groups is 1. The van der Waals surface area contributed by atoms with Gasteiger partial charge in [-0.05, 0) is 29.3 Å². The molecule has 6 nitrogen and oxygen atoms in total. The standard InChI is InChI=1S/C19H13NO5S2/c21-17-15(9-11-6-7-13-14(8-11)25-10-24-13)27-19(26)20(17)16(18(22)23)12-4-2-1-3-5-12/h1-9,16H,10H2,(H,22,23)/b15-9+/t16-/m0/s1.